The summed E-state index contributed by atoms with van der Waals surface area (Å²) in [5.41, 5.74) is 2.83. The molecule has 1 aliphatic heterocycles. The number of ether oxygens (including phenoxy) is 3. The Kier molecular flexibility index (Phi) is 8.70. The van der Waals surface area contributed by atoms with E-state index in [1.165, 1.54) is 24.5 Å². The van der Waals surface area contributed by atoms with Crippen LogP contribution in [0.1, 0.15) is 35.2 Å². The summed E-state index contributed by atoms with van der Waals surface area (Å²) in [5.74, 6) is -0.119. The number of esters is 1. The number of thiazole rings is 1. The zero-order valence-electron chi connectivity index (χ0n) is 24.6. The van der Waals surface area contributed by atoms with Gasteiger partial charge in [0, 0.05) is 16.7 Å². The SMILES string of the molecule is CCOC(=O)C1=C(c2ccccc2)N=c2s/c(=C\c3cccc(OC)c3OCc3ccccc3F)c(=O)n2[C@H]1c1ccccc1. The fraction of sp³-hybridized carbons (Fsp3) is 0.139. The zero-order valence-corrected chi connectivity index (χ0v) is 25.4. The summed E-state index contributed by atoms with van der Waals surface area (Å²) in [4.78, 5) is 33.2. The molecule has 2 heterocycles. The van der Waals surface area contributed by atoms with Gasteiger partial charge in [0.15, 0.2) is 16.3 Å². The fourth-order valence-electron chi connectivity index (χ4n) is 5.26. The average molecular weight is 621 g/mol. The molecule has 1 atom stereocenters. The second-order valence-corrected chi connectivity index (χ2v) is 11.1. The number of carbonyl (C=O) groups is 1. The van der Waals surface area contributed by atoms with Gasteiger partial charge in [-0.25, -0.2) is 14.2 Å². The molecule has 0 amide bonds. The quantitative estimate of drug-likeness (QED) is 0.199. The smallest absolute Gasteiger partial charge is 0.338 e. The molecule has 7 nitrogen and oxygen atoms in total. The third-order valence-electron chi connectivity index (χ3n) is 7.33. The topological polar surface area (TPSA) is 79.1 Å². The molecular weight excluding hydrogens is 591 g/mol. The van der Waals surface area contributed by atoms with Crippen molar-refractivity contribution >= 4 is 29.1 Å². The second kappa shape index (κ2) is 13.2. The summed E-state index contributed by atoms with van der Waals surface area (Å²) >= 11 is 1.21. The van der Waals surface area contributed by atoms with Crippen LogP contribution in [0.4, 0.5) is 4.39 Å². The molecule has 5 aromatic rings. The largest absolute Gasteiger partial charge is 0.493 e. The fourth-order valence-corrected chi connectivity index (χ4v) is 6.25. The number of aromatic nitrogens is 1. The summed E-state index contributed by atoms with van der Waals surface area (Å²) < 4.78 is 33.5. The molecule has 4 aromatic carbocycles. The van der Waals surface area contributed by atoms with Crippen LogP contribution in [-0.4, -0.2) is 24.3 Å². The predicted octanol–water partition coefficient (Wildman–Crippen LogP) is 5.66. The molecule has 6 rings (SSSR count). The van der Waals surface area contributed by atoms with Crippen molar-refractivity contribution in [3.63, 3.8) is 0 Å². The Morgan fingerprint density at radius 1 is 0.956 bits per heavy atom. The van der Waals surface area contributed by atoms with E-state index < -0.39 is 12.0 Å². The second-order valence-electron chi connectivity index (χ2n) is 10.1. The Hall–Kier alpha value is -5.28. The van der Waals surface area contributed by atoms with Crippen molar-refractivity contribution < 1.29 is 23.4 Å². The molecule has 0 spiro atoms. The summed E-state index contributed by atoms with van der Waals surface area (Å²) in [6, 6.07) is 29.7. The molecule has 0 N–H and O–H groups in total. The van der Waals surface area contributed by atoms with Gasteiger partial charge in [0.1, 0.15) is 12.4 Å². The predicted molar refractivity (Wildman–Crippen MR) is 171 cm³/mol. The minimum absolute atomic E-state index is 0.0352. The number of carbonyl (C=O) groups excluding carboxylic acids is 1. The third kappa shape index (κ3) is 5.94. The first-order chi connectivity index (χ1) is 22.0. The van der Waals surface area contributed by atoms with Gasteiger partial charge in [-0.3, -0.25) is 9.36 Å². The summed E-state index contributed by atoms with van der Waals surface area (Å²) in [7, 11) is 1.52. The van der Waals surface area contributed by atoms with Crippen molar-refractivity contribution in [3.05, 3.63) is 156 Å². The highest BCUT2D eigenvalue weighted by molar-refractivity contribution is 7.07. The molecular formula is C36H29FN2O5S. The Morgan fingerprint density at radius 2 is 1.67 bits per heavy atom. The van der Waals surface area contributed by atoms with Crippen LogP contribution in [0.5, 0.6) is 11.5 Å². The van der Waals surface area contributed by atoms with E-state index in [0.717, 1.165) is 11.1 Å². The Morgan fingerprint density at radius 3 is 2.38 bits per heavy atom. The lowest BCUT2D eigenvalue weighted by Crippen LogP contribution is -2.40. The van der Waals surface area contributed by atoms with Gasteiger partial charge in [0.25, 0.3) is 5.56 Å². The Labute approximate surface area is 262 Å². The number of methoxy groups -OCH3 is 1. The molecule has 45 heavy (non-hydrogen) atoms. The summed E-state index contributed by atoms with van der Waals surface area (Å²) in [5, 5.41) is 0. The van der Waals surface area contributed by atoms with Crippen LogP contribution < -0.4 is 24.4 Å². The van der Waals surface area contributed by atoms with Gasteiger partial charge >= 0.3 is 5.97 Å². The van der Waals surface area contributed by atoms with Crippen LogP contribution in [0, 0.1) is 5.82 Å². The molecule has 0 bridgehead atoms. The molecule has 226 valence electrons. The van der Waals surface area contributed by atoms with Crippen molar-refractivity contribution in [2.24, 2.45) is 4.99 Å². The van der Waals surface area contributed by atoms with Crippen LogP contribution in [0.15, 0.2) is 118 Å². The van der Waals surface area contributed by atoms with Crippen molar-refractivity contribution in [2.75, 3.05) is 13.7 Å². The molecule has 0 fully saturated rings. The van der Waals surface area contributed by atoms with E-state index in [1.54, 1.807) is 54.0 Å². The van der Waals surface area contributed by atoms with Crippen LogP contribution in [-0.2, 0) is 16.1 Å². The van der Waals surface area contributed by atoms with Gasteiger partial charge in [-0.15, -0.1) is 0 Å². The van der Waals surface area contributed by atoms with Crippen molar-refractivity contribution in [2.45, 2.75) is 19.6 Å². The number of benzene rings is 4. The molecule has 0 aliphatic carbocycles. The van der Waals surface area contributed by atoms with Gasteiger partial charge in [0.05, 0.1) is 35.6 Å². The summed E-state index contributed by atoms with van der Waals surface area (Å²) in [6.45, 7) is 1.88. The van der Waals surface area contributed by atoms with Gasteiger partial charge in [0.2, 0.25) is 0 Å². The van der Waals surface area contributed by atoms with E-state index in [2.05, 4.69) is 0 Å². The van der Waals surface area contributed by atoms with E-state index in [1.807, 2.05) is 60.7 Å². The first-order valence-corrected chi connectivity index (χ1v) is 15.2. The van der Waals surface area contributed by atoms with Crippen LogP contribution in [0.2, 0.25) is 0 Å². The van der Waals surface area contributed by atoms with Crippen LogP contribution >= 0.6 is 11.3 Å². The maximum atomic E-state index is 14.4. The highest BCUT2D eigenvalue weighted by Crippen LogP contribution is 2.36. The van der Waals surface area contributed by atoms with Crippen LogP contribution in [0.3, 0.4) is 0 Å². The number of para-hydroxylation sites is 1. The summed E-state index contributed by atoms with van der Waals surface area (Å²) in [6.07, 6.45) is 1.71. The Balaban J connectivity index is 1.55. The minimum Gasteiger partial charge on any atom is -0.493 e. The minimum atomic E-state index is -0.777. The molecule has 0 saturated heterocycles. The number of halogens is 1. The van der Waals surface area contributed by atoms with Crippen molar-refractivity contribution in [1.82, 2.24) is 4.57 Å². The van der Waals surface area contributed by atoms with Gasteiger partial charge < -0.3 is 14.2 Å². The number of hydrogen-bond donors (Lipinski definition) is 0. The monoisotopic (exact) mass is 620 g/mol. The number of hydrogen-bond acceptors (Lipinski definition) is 7. The maximum Gasteiger partial charge on any atom is 0.338 e. The average Bonchev–Trinajstić information content (AvgIpc) is 3.38. The first-order valence-electron chi connectivity index (χ1n) is 14.4. The Bertz CT molecular complexity index is 2070. The lowest BCUT2D eigenvalue weighted by Gasteiger charge is -2.25. The van der Waals surface area contributed by atoms with Gasteiger partial charge in [-0.05, 0) is 30.7 Å². The lowest BCUT2D eigenvalue weighted by molar-refractivity contribution is -0.138. The van der Waals surface area contributed by atoms with E-state index in [9.17, 15) is 14.0 Å². The molecule has 1 aliphatic rings. The molecule has 1 aromatic heterocycles. The molecule has 9 heteroatoms. The van der Waals surface area contributed by atoms with Gasteiger partial charge in [-0.1, -0.05) is 102 Å². The van der Waals surface area contributed by atoms with Crippen molar-refractivity contribution in [3.8, 4) is 11.5 Å². The number of nitrogens with zero attached hydrogens (tertiary/aromatic N) is 2. The zero-order chi connectivity index (χ0) is 31.3. The third-order valence-corrected chi connectivity index (χ3v) is 8.32. The van der Waals surface area contributed by atoms with Gasteiger partial charge in [-0.2, -0.15) is 0 Å². The van der Waals surface area contributed by atoms with E-state index >= 15 is 0 Å². The highest BCUT2D eigenvalue weighted by Gasteiger charge is 2.35. The highest BCUT2D eigenvalue weighted by atomic mass is 32.1. The van der Waals surface area contributed by atoms with E-state index in [-0.39, 0.29) is 30.2 Å². The molecule has 0 unspecified atom stereocenters. The van der Waals surface area contributed by atoms with E-state index in [4.69, 9.17) is 19.2 Å². The number of fused-ring (bicyclic) bond motifs is 1. The number of rotatable bonds is 9. The van der Waals surface area contributed by atoms with E-state index in [0.29, 0.717) is 37.7 Å². The molecule has 0 radical (unpaired) electrons. The molecule has 0 saturated carbocycles. The lowest BCUT2D eigenvalue weighted by atomic mass is 9.93. The maximum absolute atomic E-state index is 14.4. The first kappa shape index (κ1) is 29.8. The standard InChI is InChI=1S/C36H29FN2O5S/c1-3-43-35(41)30-31(23-13-6-4-7-14-23)38-36-39(32(30)24-15-8-5-9-16-24)34(40)29(45-36)21-25-18-12-20-28(42-2)33(25)44-22-26-17-10-11-19-27(26)37/h4-21,32H,3,22H2,1-2H3/b29-21-/t32-/m0/s1. The van der Waals surface area contributed by atoms with Crippen LogP contribution in [0.25, 0.3) is 11.8 Å². The normalized spacial score (nSPS) is 14.5. The van der Waals surface area contributed by atoms with Crippen molar-refractivity contribution in [1.29, 1.82) is 0 Å².